The molecule has 272 valence electrons. The van der Waals surface area contributed by atoms with Gasteiger partial charge in [-0.15, -0.1) is 0 Å². The maximum Gasteiger partial charge on any atom is 0.339 e. The zero-order valence-corrected chi connectivity index (χ0v) is 31.7. The third kappa shape index (κ3) is 6.46. The molecule has 4 aliphatic rings. The van der Waals surface area contributed by atoms with Gasteiger partial charge >= 0.3 is 11.9 Å². The van der Waals surface area contributed by atoms with Crippen molar-refractivity contribution >= 4 is 40.7 Å². The van der Waals surface area contributed by atoms with Crippen molar-refractivity contribution in [1.29, 1.82) is 0 Å². The minimum absolute atomic E-state index is 0.100. The molecule has 8 heteroatoms. The molecule has 4 N–H and O–H groups in total. The first-order valence-electron chi connectivity index (χ1n) is 18.8. The summed E-state index contributed by atoms with van der Waals surface area (Å²) >= 11 is 12.8. The maximum absolute atomic E-state index is 12.1. The molecule has 0 saturated heterocycles. The second-order valence-electron chi connectivity index (χ2n) is 17.2. The van der Waals surface area contributed by atoms with Crippen LogP contribution in [0.1, 0.15) is 144 Å². The molecule has 0 spiro atoms. The van der Waals surface area contributed by atoms with Crippen LogP contribution in [-0.2, 0) is 0 Å². The number of rotatable bonds is 9. The molecule has 4 saturated carbocycles. The van der Waals surface area contributed by atoms with Crippen LogP contribution < -0.4 is 0 Å². The number of carbonyl (C=O) groups is 2. The van der Waals surface area contributed by atoms with Gasteiger partial charge in [0.1, 0.15) is 22.6 Å². The molecule has 2 aromatic carbocycles. The monoisotopic (exact) mass is 724 g/mol. The standard InChI is InChI=1S/C42H54Cl2O6/c1-22(2)7-6-8-23(3)31-11-12-32-28-10-9-27-17-24(13-15-41(27,4)33(28)14-16-42(31,32)5)36(25-18-29(39(47)48)37(45)34(43)20-25)26-19-30(40(49)50)38(46)35(44)21-26/h18-23,27-28,31-33,45-46H,6-17H2,1-5H3,(H,47,48)(H,49,50)/t23-,27?,28+,31?,32?,33?,41+,42-/m1/s1. The first-order chi connectivity index (χ1) is 23.6. The first-order valence-corrected chi connectivity index (χ1v) is 19.6. The fourth-order valence-corrected chi connectivity index (χ4v) is 12.2. The number of phenols is 2. The molecule has 4 aliphatic carbocycles. The van der Waals surface area contributed by atoms with E-state index in [1.807, 2.05) is 0 Å². The molecule has 0 radical (unpaired) electrons. The van der Waals surface area contributed by atoms with Crippen LogP contribution in [0.5, 0.6) is 11.5 Å². The van der Waals surface area contributed by atoms with Crippen molar-refractivity contribution in [3.63, 3.8) is 0 Å². The van der Waals surface area contributed by atoms with Crippen LogP contribution >= 0.6 is 23.2 Å². The quantitative estimate of drug-likeness (QED) is 0.205. The summed E-state index contributed by atoms with van der Waals surface area (Å²) in [7, 11) is 0. The Kier molecular flexibility index (Phi) is 10.4. The molecule has 6 nitrogen and oxygen atoms in total. The highest BCUT2D eigenvalue weighted by Gasteiger charge is 2.60. The Labute approximate surface area is 307 Å². The van der Waals surface area contributed by atoms with Crippen molar-refractivity contribution in [1.82, 2.24) is 0 Å². The fourth-order valence-electron chi connectivity index (χ4n) is 11.7. The number of fused-ring (bicyclic) bond motifs is 5. The molecule has 0 heterocycles. The predicted octanol–water partition coefficient (Wildman–Crippen LogP) is 11.7. The van der Waals surface area contributed by atoms with E-state index in [0.29, 0.717) is 34.0 Å². The van der Waals surface area contributed by atoms with E-state index in [-0.39, 0.29) is 26.6 Å². The van der Waals surface area contributed by atoms with E-state index in [0.717, 1.165) is 60.8 Å². The molecular formula is C42H54Cl2O6. The SMILES string of the molecule is CC(C)CCC[C@@H](C)C1CCC2[C@@H]3CCC4CC(=C(c5cc(Cl)c(O)c(C(=O)O)c5)c5cc(Cl)c(O)c(C(=O)O)c5)CC[C@]4(C)C3CC[C@@]21C. The zero-order valence-electron chi connectivity index (χ0n) is 30.2. The summed E-state index contributed by atoms with van der Waals surface area (Å²) < 4.78 is 0. The Morgan fingerprint density at radius 2 is 1.36 bits per heavy atom. The lowest BCUT2D eigenvalue weighted by molar-refractivity contribution is -0.108. The first kappa shape index (κ1) is 37.1. The average molecular weight is 726 g/mol. The summed E-state index contributed by atoms with van der Waals surface area (Å²) in [6.45, 7) is 12.3. The molecule has 50 heavy (non-hydrogen) atoms. The second-order valence-corrected chi connectivity index (χ2v) is 18.0. The van der Waals surface area contributed by atoms with Gasteiger partial charge in [-0.25, -0.2) is 9.59 Å². The van der Waals surface area contributed by atoms with Gasteiger partial charge in [0.15, 0.2) is 0 Å². The topological polar surface area (TPSA) is 115 Å². The van der Waals surface area contributed by atoms with Gasteiger partial charge in [-0.05, 0) is 151 Å². The zero-order chi connectivity index (χ0) is 36.3. The number of allylic oxidation sites excluding steroid dienone is 1. The normalized spacial score (nSPS) is 31.1. The molecule has 4 fully saturated rings. The Bertz CT molecular complexity index is 1630. The van der Waals surface area contributed by atoms with Crippen LogP contribution in [0.4, 0.5) is 0 Å². The number of halogens is 2. The van der Waals surface area contributed by atoms with Crippen LogP contribution in [0.3, 0.4) is 0 Å². The molecule has 0 aliphatic heterocycles. The van der Waals surface area contributed by atoms with E-state index in [2.05, 4.69) is 34.6 Å². The van der Waals surface area contributed by atoms with Crippen molar-refractivity contribution in [2.24, 2.45) is 52.3 Å². The minimum Gasteiger partial charge on any atom is -0.505 e. The predicted molar refractivity (Wildman–Crippen MR) is 199 cm³/mol. The number of hydrogen-bond acceptors (Lipinski definition) is 4. The van der Waals surface area contributed by atoms with Gasteiger partial charge in [0.2, 0.25) is 0 Å². The average Bonchev–Trinajstić information content (AvgIpc) is 3.41. The van der Waals surface area contributed by atoms with E-state index in [9.17, 15) is 30.0 Å². The van der Waals surface area contributed by atoms with E-state index < -0.39 is 23.4 Å². The number of carboxylic acid groups (broad SMARTS) is 2. The molecule has 6 rings (SSSR count). The van der Waals surface area contributed by atoms with Gasteiger partial charge in [-0.3, -0.25) is 0 Å². The van der Waals surface area contributed by atoms with Crippen molar-refractivity contribution in [3.8, 4) is 11.5 Å². The van der Waals surface area contributed by atoms with Gasteiger partial charge in [0, 0.05) is 0 Å². The van der Waals surface area contributed by atoms with E-state index in [1.54, 1.807) is 12.1 Å². The van der Waals surface area contributed by atoms with Crippen LogP contribution in [0.25, 0.3) is 5.57 Å². The molecule has 4 unspecified atom stereocenters. The Balaban J connectivity index is 1.33. The minimum atomic E-state index is -1.32. The number of aromatic hydroxyl groups is 2. The van der Waals surface area contributed by atoms with Gasteiger partial charge < -0.3 is 20.4 Å². The lowest BCUT2D eigenvalue weighted by atomic mass is 9.44. The van der Waals surface area contributed by atoms with Crippen LogP contribution in [0.2, 0.25) is 10.0 Å². The highest BCUT2D eigenvalue weighted by atomic mass is 35.5. The molecular weight excluding hydrogens is 671 g/mol. The maximum atomic E-state index is 12.1. The van der Waals surface area contributed by atoms with Crippen LogP contribution in [0, 0.1) is 52.3 Å². The van der Waals surface area contributed by atoms with E-state index >= 15 is 0 Å². The van der Waals surface area contributed by atoms with Crippen LogP contribution in [0.15, 0.2) is 29.8 Å². The molecule has 8 atom stereocenters. The summed E-state index contributed by atoms with van der Waals surface area (Å²) in [6.07, 6.45) is 14.2. The van der Waals surface area contributed by atoms with Crippen LogP contribution in [-0.4, -0.2) is 32.4 Å². The summed E-state index contributed by atoms with van der Waals surface area (Å²) in [5.41, 5.74) is 2.66. The fraction of sp³-hybridized carbons (Fsp3) is 0.619. The Hall–Kier alpha value is -2.70. The Morgan fingerprint density at radius 3 is 1.92 bits per heavy atom. The number of carboxylic acids is 2. The van der Waals surface area contributed by atoms with Crippen molar-refractivity contribution in [2.75, 3.05) is 0 Å². The molecule has 2 aromatic rings. The summed E-state index contributed by atoms with van der Waals surface area (Å²) in [5, 5.41) is 40.5. The second kappa shape index (κ2) is 14.0. The van der Waals surface area contributed by atoms with Crippen molar-refractivity contribution < 1.29 is 30.0 Å². The lowest BCUT2D eigenvalue weighted by Gasteiger charge is -2.61. The van der Waals surface area contributed by atoms with Gasteiger partial charge in [-0.2, -0.15) is 0 Å². The number of benzene rings is 2. The van der Waals surface area contributed by atoms with E-state index in [4.69, 9.17) is 23.2 Å². The smallest absolute Gasteiger partial charge is 0.339 e. The highest BCUT2D eigenvalue weighted by molar-refractivity contribution is 6.33. The van der Waals surface area contributed by atoms with Gasteiger partial charge in [0.05, 0.1) is 10.0 Å². The third-order valence-corrected chi connectivity index (χ3v) is 14.8. The summed E-state index contributed by atoms with van der Waals surface area (Å²) in [5.74, 6) is 1.33. The highest BCUT2D eigenvalue weighted by Crippen LogP contribution is 2.69. The largest absolute Gasteiger partial charge is 0.505 e. The van der Waals surface area contributed by atoms with Gasteiger partial charge in [0.25, 0.3) is 0 Å². The third-order valence-electron chi connectivity index (χ3n) is 14.2. The number of aromatic carboxylic acids is 2. The summed E-state index contributed by atoms with van der Waals surface area (Å²) in [4.78, 5) is 24.3. The molecule has 0 amide bonds. The lowest BCUT2D eigenvalue weighted by Crippen LogP contribution is -2.53. The van der Waals surface area contributed by atoms with Crippen molar-refractivity contribution in [2.45, 2.75) is 112 Å². The van der Waals surface area contributed by atoms with Gasteiger partial charge in [-0.1, -0.05) is 82.7 Å². The Morgan fingerprint density at radius 1 is 0.780 bits per heavy atom. The van der Waals surface area contributed by atoms with Crippen molar-refractivity contribution in [3.05, 3.63) is 62.1 Å². The van der Waals surface area contributed by atoms with E-state index in [1.165, 1.54) is 63.5 Å². The summed E-state index contributed by atoms with van der Waals surface area (Å²) in [6, 6.07) is 5.89. The molecule has 0 bridgehead atoms. The molecule has 0 aromatic heterocycles. The number of hydrogen-bond donors (Lipinski definition) is 4.